The van der Waals surface area contributed by atoms with Crippen LogP contribution in [0.1, 0.15) is 11.1 Å². The van der Waals surface area contributed by atoms with Crippen molar-refractivity contribution >= 4 is 34.4 Å². The minimum absolute atomic E-state index is 0.428. The van der Waals surface area contributed by atoms with Crippen LogP contribution in [0.25, 0.3) is 11.4 Å². The third kappa shape index (κ3) is 3.47. The van der Waals surface area contributed by atoms with E-state index in [0.717, 1.165) is 26.9 Å². The lowest BCUT2D eigenvalue weighted by molar-refractivity contribution is 0.414. The molecule has 7 heteroatoms. The number of H-pyrrole nitrogens is 1. The second-order valence-electron chi connectivity index (χ2n) is 5.16. The molecule has 0 amide bonds. The zero-order chi connectivity index (χ0) is 17.1. The van der Waals surface area contributed by atoms with Crippen molar-refractivity contribution in [3.8, 4) is 17.1 Å². The maximum absolute atomic E-state index is 5.36. The van der Waals surface area contributed by atoms with Crippen molar-refractivity contribution in [1.82, 2.24) is 14.9 Å². The molecule has 1 heterocycles. The molecule has 24 heavy (non-hydrogen) atoms. The predicted octanol–water partition coefficient (Wildman–Crippen LogP) is 4.57. The van der Waals surface area contributed by atoms with Crippen molar-refractivity contribution in [2.75, 3.05) is 7.11 Å². The molecular formula is C17H15BrN4OS. The molecule has 3 aromatic rings. The van der Waals surface area contributed by atoms with Crippen LogP contribution in [-0.2, 0) is 0 Å². The van der Waals surface area contributed by atoms with E-state index in [1.807, 2.05) is 49.4 Å². The Morgan fingerprint density at radius 2 is 2.12 bits per heavy atom. The first-order chi connectivity index (χ1) is 11.6. The molecule has 122 valence electrons. The van der Waals surface area contributed by atoms with Crippen molar-refractivity contribution < 1.29 is 4.74 Å². The van der Waals surface area contributed by atoms with Crippen LogP contribution in [0.3, 0.4) is 0 Å². The van der Waals surface area contributed by atoms with Crippen molar-refractivity contribution in [3.05, 3.63) is 62.8 Å². The highest BCUT2D eigenvalue weighted by molar-refractivity contribution is 9.10. The molecule has 0 unspecified atom stereocenters. The predicted molar refractivity (Wildman–Crippen MR) is 101 cm³/mol. The van der Waals surface area contributed by atoms with Crippen LogP contribution in [0.4, 0.5) is 0 Å². The molecule has 0 spiro atoms. The monoisotopic (exact) mass is 402 g/mol. The molecule has 0 fully saturated rings. The number of nitrogens with zero attached hydrogens (tertiary/aromatic N) is 3. The molecule has 0 aliphatic carbocycles. The number of methoxy groups -OCH3 is 1. The normalized spacial score (nSPS) is 11.1. The van der Waals surface area contributed by atoms with Crippen LogP contribution < -0.4 is 4.74 Å². The molecule has 1 aromatic heterocycles. The molecule has 2 aromatic carbocycles. The van der Waals surface area contributed by atoms with Crippen molar-refractivity contribution in [3.63, 3.8) is 0 Å². The maximum atomic E-state index is 5.36. The highest BCUT2D eigenvalue weighted by atomic mass is 79.9. The van der Waals surface area contributed by atoms with E-state index >= 15 is 0 Å². The number of hydrogen-bond acceptors (Lipinski definition) is 4. The van der Waals surface area contributed by atoms with Crippen LogP contribution in [0.5, 0.6) is 5.75 Å². The van der Waals surface area contributed by atoms with E-state index in [9.17, 15) is 0 Å². The van der Waals surface area contributed by atoms with E-state index in [1.54, 1.807) is 18.0 Å². The third-order valence-electron chi connectivity index (χ3n) is 3.43. The number of aryl methyl sites for hydroxylation is 1. The van der Waals surface area contributed by atoms with Crippen molar-refractivity contribution in [2.24, 2.45) is 5.10 Å². The second kappa shape index (κ2) is 7.11. The number of ether oxygens (including phenoxy) is 1. The molecule has 3 rings (SSSR count). The number of aromatic nitrogens is 3. The molecule has 0 aliphatic heterocycles. The van der Waals surface area contributed by atoms with Gasteiger partial charge in [-0.05, 0) is 43.4 Å². The van der Waals surface area contributed by atoms with Gasteiger partial charge < -0.3 is 4.74 Å². The highest BCUT2D eigenvalue weighted by Gasteiger charge is 2.08. The summed E-state index contributed by atoms with van der Waals surface area (Å²) < 4.78 is 8.33. The molecule has 1 N–H and O–H groups in total. The fourth-order valence-electron chi connectivity index (χ4n) is 2.30. The summed E-state index contributed by atoms with van der Waals surface area (Å²) in [6.45, 7) is 2.03. The lowest BCUT2D eigenvalue weighted by Gasteiger charge is -2.05. The van der Waals surface area contributed by atoms with E-state index in [0.29, 0.717) is 10.6 Å². The van der Waals surface area contributed by atoms with Gasteiger partial charge in [0.1, 0.15) is 5.75 Å². The van der Waals surface area contributed by atoms with E-state index in [-0.39, 0.29) is 0 Å². The van der Waals surface area contributed by atoms with Gasteiger partial charge in [0, 0.05) is 15.6 Å². The number of halogens is 1. The van der Waals surface area contributed by atoms with E-state index in [2.05, 4.69) is 31.2 Å². The standard InChI is InChI=1S/C17H15BrN4OS/c1-11-4-3-5-12(8-11)16-20-21-17(24)22(16)19-10-13-9-14(18)6-7-15(13)23-2/h3-10H,1-2H3,(H,21,24)/b19-10+. The van der Waals surface area contributed by atoms with Gasteiger partial charge in [0.15, 0.2) is 5.82 Å². The Bertz CT molecular complexity index is 961. The van der Waals surface area contributed by atoms with Crippen molar-refractivity contribution in [1.29, 1.82) is 0 Å². The minimum atomic E-state index is 0.428. The number of rotatable bonds is 4. The lowest BCUT2D eigenvalue weighted by Crippen LogP contribution is -1.97. The molecule has 0 saturated carbocycles. The summed E-state index contributed by atoms with van der Waals surface area (Å²) in [5.41, 5.74) is 2.93. The highest BCUT2D eigenvalue weighted by Crippen LogP contribution is 2.22. The number of benzene rings is 2. The van der Waals surface area contributed by atoms with Gasteiger partial charge in [-0.3, -0.25) is 0 Å². The summed E-state index contributed by atoms with van der Waals surface area (Å²) in [5, 5.41) is 11.6. The van der Waals surface area contributed by atoms with Gasteiger partial charge in [-0.25, -0.2) is 5.10 Å². The summed E-state index contributed by atoms with van der Waals surface area (Å²) in [6, 6.07) is 13.7. The van der Waals surface area contributed by atoms with Crippen LogP contribution >= 0.6 is 28.1 Å². The van der Waals surface area contributed by atoms with Gasteiger partial charge >= 0.3 is 0 Å². The van der Waals surface area contributed by atoms with E-state index in [1.165, 1.54) is 0 Å². The maximum Gasteiger partial charge on any atom is 0.216 e. The number of hydrogen-bond donors (Lipinski definition) is 1. The number of aromatic amines is 1. The van der Waals surface area contributed by atoms with Gasteiger partial charge in [-0.1, -0.05) is 39.7 Å². The van der Waals surface area contributed by atoms with E-state index in [4.69, 9.17) is 17.0 Å². The minimum Gasteiger partial charge on any atom is -0.496 e. The Kier molecular flexibility index (Phi) is 4.92. The Hall–Kier alpha value is -2.25. The topological polar surface area (TPSA) is 55.2 Å². The summed E-state index contributed by atoms with van der Waals surface area (Å²) in [4.78, 5) is 0. The zero-order valence-electron chi connectivity index (χ0n) is 13.2. The lowest BCUT2D eigenvalue weighted by atomic mass is 10.1. The first-order valence-electron chi connectivity index (χ1n) is 7.21. The third-order valence-corrected chi connectivity index (χ3v) is 4.19. The molecule has 0 radical (unpaired) electrons. The fourth-order valence-corrected chi connectivity index (χ4v) is 2.85. The first kappa shape index (κ1) is 16.6. The quantitative estimate of drug-likeness (QED) is 0.513. The summed E-state index contributed by atoms with van der Waals surface area (Å²) in [6.07, 6.45) is 1.70. The average Bonchev–Trinajstić information content (AvgIpc) is 2.94. The van der Waals surface area contributed by atoms with Crippen LogP contribution in [-0.4, -0.2) is 28.2 Å². The van der Waals surface area contributed by atoms with Gasteiger partial charge in [0.05, 0.1) is 13.3 Å². The average molecular weight is 403 g/mol. The fraction of sp³-hybridized carbons (Fsp3) is 0.118. The smallest absolute Gasteiger partial charge is 0.216 e. The molecule has 0 saturated heterocycles. The van der Waals surface area contributed by atoms with Gasteiger partial charge in [0.25, 0.3) is 0 Å². The molecule has 5 nitrogen and oxygen atoms in total. The first-order valence-corrected chi connectivity index (χ1v) is 8.41. The largest absolute Gasteiger partial charge is 0.496 e. The Morgan fingerprint density at radius 1 is 1.29 bits per heavy atom. The Labute approximate surface area is 153 Å². The molecule has 0 aliphatic rings. The van der Waals surface area contributed by atoms with Gasteiger partial charge in [-0.15, -0.1) is 0 Å². The summed E-state index contributed by atoms with van der Waals surface area (Å²) in [5.74, 6) is 1.39. The molecule has 0 atom stereocenters. The van der Waals surface area contributed by atoms with Crippen molar-refractivity contribution in [2.45, 2.75) is 6.92 Å². The van der Waals surface area contributed by atoms with Gasteiger partial charge in [0.2, 0.25) is 4.77 Å². The van der Waals surface area contributed by atoms with Gasteiger partial charge in [-0.2, -0.15) is 14.9 Å². The zero-order valence-corrected chi connectivity index (χ0v) is 15.6. The second-order valence-corrected chi connectivity index (χ2v) is 6.47. The Balaban J connectivity index is 2.04. The summed E-state index contributed by atoms with van der Waals surface area (Å²) >= 11 is 8.75. The summed E-state index contributed by atoms with van der Waals surface area (Å²) in [7, 11) is 1.63. The van der Waals surface area contributed by atoms with Crippen LogP contribution in [0, 0.1) is 11.7 Å². The van der Waals surface area contributed by atoms with E-state index < -0.39 is 0 Å². The molecular weight excluding hydrogens is 388 g/mol. The van der Waals surface area contributed by atoms with Crippen LogP contribution in [0.2, 0.25) is 0 Å². The van der Waals surface area contributed by atoms with Crippen LogP contribution in [0.15, 0.2) is 52.0 Å². The number of nitrogens with one attached hydrogen (secondary N) is 1. The SMILES string of the molecule is COc1ccc(Br)cc1/C=N/n1c(-c2cccc(C)c2)n[nH]c1=S. The molecule has 0 bridgehead atoms. The Morgan fingerprint density at radius 3 is 2.88 bits per heavy atom.